The molecule has 1 aliphatic heterocycles. The van der Waals surface area contributed by atoms with Crippen molar-refractivity contribution in [2.45, 2.75) is 38.8 Å². The fraction of sp³-hybridized carbons (Fsp3) is 0.650. The number of carbonyl (C=O) groups is 1. The van der Waals surface area contributed by atoms with Crippen LogP contribution in [0.2, 0.25) is 0 Å². The van der Waals surface area contributed by atoms with Crippen molar-refractivity contribution < 1.29 is 9.53 Å². The van der Waals surface area contributed by atoms with E-state index in [4.69, 9.17) is 4.74 Å². The Morgan fingerprint density at radius 1 is 1.12 bits per heavy atom. The summed E-state index contributed by atoms with van der Waals surface area (Å²) in [5.74, 6) is 0.712. The van der Waals surface area contributed by atoms with Gasteiger partial charge >= 0.3 is 5.97 Å². The van der Waals surface area contributed by atoms with Gasteiger partial charge in [0.1, 0.15) is 6.10 Å². The summed E-state index contributed by atoms with van der Waals surface area (Å²) in [6, 6.07) is 9.92. The van der Waals surface area contributed by atoms with Gasteiger partial charge in [0.05, 0.1) is 5.56 Å². The summed E-state index contributed by atoms with van der Waals surface area (Å²) in [6.45, 7) is 8.63. The second kappa shape index (κ2) is 10.8. The molecule has 0 aromatic heterocycles. The molecule has 3 rings (SSSR count). The number of benzene rings is 1. The first-order chi connectivity index (χ1) is 11.6. The summed E-state index contributed by atoms with van der Waals surface area (Å²) in [6.07, 6.45) is 2.42. The maximum atomic E-state index is 12.6. The maximum Gasteiger partial charge on any atom is 0.338 e. The zero-order chi connectivity index (χ0) is 17.1. The molecular formula is C20H32Br2N2O2. The molecule has 0 radical (unpaired) electrons. The molecule has 1 aromatic rings. The van der Waals surface area contributed by atoms with Crippen LogP contribution in [0.1, 0.15) is 37.0 Å². The molecule has 6 heteroatoms. The Kier molecular flexibility index (Phi) is 9.80. The topological polar surface area (TPSA) is 32.8 Å². The largest absolute Gasteiger partial charge is 0.458 e. The summed E-state index contributed by atoms with van der Waals surface area (Å²) in [4.78, 5) is 17.6. The minimum absolute atomic E-state index is 0. The Labute approximate surface area is 178 Å². The monoisotopic (exact) mass is 490 g/mol. The normalized spacial score (nSPS) is 28.0. The first-order valence-corrected chi connectivity index (χ1v) is 9.32. The zero-order valence-electron chi connectivity index (χ0n) is 16.0. The highest BCUT2D eigenvalue weighted by molar-refractivity contribution is 8.93. The van der Waals surface area contributed by atoms with Crippen LogP contribution in [0.4, 0.5) is 0 Å². The number of likely N-dealkylation sites (tertiary alicyclic amines) is 1. The average Bonchev–Trinajstić information content (AvgIpc) is 2.59. The molecule has 1 saturated carbocycles. The molecule has 4 nitrogen and oxygen atoms in total. The predicted octanol–water partition coefficient (Wildman–Crippen LogP) is 4.05. The first kappa shape index (κ1) is 23.6. The molecule has 2 bridgehead atoms. The number of hydrogen-bond acceptors (Lipinski definition) is 4. The van der Waals surface area contributed by atoms with E-state index >= 15 is 0 Å². The van der Waals surface area contributed by atoms with Crippen molar-refractivity contribution in [2.75, 3.05) is 33.2 Å². The van der Waals surface area contributed by atoms with Gasteiger partial charge in [-0.2, -0.15) is 0 Å². The molecule has 0 spiro atoms. The average molecular weight is 492 g/mol. The SMILES string of the molecule is Br.Br.CCN(CC)[C@@H]1CCC2CN(C)CC1[C@@H]2OC(=O)c1ccccc1. The van der Waals surface area contributed by atoms with E-state index in [0.29, 0.717) is 23.4 Å². The molecule has 2 unspecified atom stereocenters. The van der Waals surface area contributed by atoms with E-state index in [1.54, 1.807) is 0 Å². The Balaban J connectivity index is 0.00000169. The molecule has 1 heterocycles. The molecule has 1 saturated heterocycles. The van der Waals surface area contributed by atoms with E-state index in [0.717, 1.165) is 32.6 Å². The second-order valence-electron chi connectivity index (χ2n) is 7.25. The molecule has 0 amide bonds. The number of piperidine rings is 1. The van der Waals surface area contributed by atoms with Gasteiger partial charge in [0.2, 0.25) is 0 Å². The van der Waals surface area contributed by atoms with Crippen molar-refractivity contribution in [1.82, 2.24) is 9.80 Å². The van der Waals surface area contributed by atoms with Crippen molar-refractivity contribution in [2.24, 2.45) is 11.8 Å². The summed E-state index contributed by atoms with van der Waals surface area (Å²) >= 11 is 0. The molecule has 2 aliphatic rings. The van der Waals surface area contributed by atoms with Gasteiger partial charge in [-0.15, -0.1) is 34.0 Å². The lowest BCUT2D eigenvalue weighted by Gasteiger charge is -2.51. The summed E-state index contributed by atoms with van der Waals surface area (Å²) < 4.78 is 6.07. The van der Waals surface area contributed by atoms with Gasteiger partial charge in [-0.3, -0.25) is 0 Å². The quantitative estimate of drug-likeness (QED) is 0.581. The maximum absolute atomic E-state index is 12.6. The van der Waals surface area contributed by atoms with Crippen LogP contribution in [0, 0.1) is 11.8 Å². The van der Waals surface area contributed by atoms with Crippen LogP contribution in [0.15, 0.2) is 30.3 Å². The molecule has 1 aliphatic carbocycles. The number of rotatable bonds is 5. The van der Waals surface area contributed by atoms with Gasteiger partial charge in [-0.1, -0.05) is 32.0 Å². The number of esters is 1. The fourth-order valence-electron chi connectivity index (χ4n) is 4.68. The minimum Gasteiger partial charge on any atom is -0.458 e. The number of hydrogen-bond donors (Lipinski definition) is 0. The zero-order valence-corrected chi connectivity index (χ0v) is 19.4. The number of carbonyl (C=O) groups excluding carboxylic acids is 1. The van der Waals surface area contributed by atoms with Gasteiger partial charge in [-0.05, 0) is 45.1 Å². The number of nitrogens with zero attached hydrogens (tertiary/aromatic N) is 2. The third kappa shape index (κ3) is 5.09. The Hall–Kier alpha value is -0.430. The van der Waals surface area contributed by atoms with E-state index in [-0.39, 0.29) is 46.0 Å². The molecule has 1 aromatic carbocycles. The summed E-state index contributed by atoms with van der Waals surface area (Å²) in [7, 11) is 2.19. The summed E-state index contributed by atoms with van der Waals surface area (Å²) in [5, 5.41) is 0. The summed E-state index contributed by atoms with van der Waals surface area (Å²) in [5.41, 5.74) is 0.661. The first-order valence-electron chi connectivity index (χ1n) is 9.32. The lowest BCUT2D eigenvalue weighted by Crippen LogP contribution is -2.60. The van der Waals surface area contributed by atoms with Gasteiger partial charge < -0.3 is 14.5 Å². The Bertz CT molecular complexity index is 554. The van der Waals surface area contributed by atoms with Gasteiger partial charge in [0.15, 0.2) is 0 Å². The second-order valence-corrected chi connectivity index (χ2v) is 7.25. The van der Waals surface area contributed by atoms with Crippen molar-refractivity contribution >= 4 is 39.9 Å². The van der Waals surface area contributed by atoms with Gasteiger partial charge in [0.25, 0.3) is 0 Å². The van der Waals surface area contributed by atoms with Gasteiger partial charge in [0, 0.05) is 31.0 Å². The van der Waals surface area contributed by atoms with E-state index in [1.807, 2.05) is 30.3 Å². The van der Waals surface area contributed by atoms with E-state index in [9.17, 15) is 4.79 Å². The molecule has 4 atom stereocenters. The number of ether oxygens (including phenoxy) is 1. The standard InChI is InChI=1S/C20H30N2O2.2BrH/c1-4-22(5-2)18-12-11-16-13-21(3)14-17(18)19(16)24-20(23)15-9-7-6-8-10-15;;/h6-10,16-19H,4-5,11-14H2,1-3H3;2*1H/t16?,17?,18-,19-;;/m1../s1. The smallest absolute Gasteiger partial charge is 0.338 e. The van der Waals surface area contributed by atoms with Crippen LogP contribution in [0.3, 0.4) is 0 Å². The third-order valence-corrected chi connectivity index (χ3v) is 5.82. The number of halogens is 2. The van der Waals surface area contributed by atoms with Gasteiger partial charge in [-0.25, -0.2) is 4.79 Å². The molecule has 148 valence electrons. The van der Waals surface area contributed by atoms with Crippen LogP contribution >= 0.6 is 34.0 Å². The highest BCUT2D eigenvalue weighted by Gasteiger charge is 2.47. The Morgan fingerprint density at radius 2 is 1.77 bits per heavy atom. The van der Waals surface area contributed by atoms with E-state index in [1.165, 1.54) is 6.42 Å². The van der Waals surface area contributed by atoms with Crippen LogP contribution < -0.4 is 0 Å². The van der Waals surface area contributed by atoms with Crippen LogP contribution in [-0.4, -0.2) is 61.1 Å². The highest BCUT2D eigenvalue weighted by atomic mass is 79.9. The lowest BCUT2D eigenvalue weighted by molar-refractivity contribution is -0.0924. The van der Waals surface area contributed by atoms with E-state index < -0.39 is 0 Å². The molecule has 2 fully saturated rings. The van der Waals surface area contributed by atoms with Crippen LogP contribution in [-0.2, 0) is 4.74 Å². The predicted molar refractivity (Wildman–Crippen MR) is 117 cm³/mol. The lowest BCUT2D eigenvalue weighted by atomic mass is 9.71. The fourth-order valence-corrected chi connectivity index (χ4v) is 4.68. The van der Waals surface area contributed by atoms with E-state index in [2.05, 4.69) is 30.7 Å². The van der Waals surface area contributed by atoms with Crippen LogP contribution in [0.5, 0.6) is 0 Å². The van der Waals surface area contributed by atoms with Crippen molar-refractivity contribution in [3.8, 4) is 0 Å². The minimum atomic E-state index is -0.166. The number of fused-ring (bicyclic) bond motifs is 2. The van der Waals surface area contributed by atoms with Crippen LogP contribution in [0.25, 0.3) is 0 Å². The highest BCUT2D eigenvalue weighted by Crippen LogP contribution is 2.39. The van der Waals surface area contributed by atoms with Crippen molar-refractivity contribution in [3.63, 3.8) is 0 Å². The van der Waals surface area contributed by atoms with Crippen molar-refractivity contribution in [1.29, 1.82) is 0 Å². The Morgan fingerprint density at radius 3 is 2.38 bits per heavy atom. The van der Waals surface area contributed by atoms with Crippen molar-refractivity contribution in [3.05, 3.63) is 35.9 Å². The molecular weight excluding hydrogens is 460 g/mol. The molecule has 0 N–H and O–H groups in total. The third-order valence-electron chi connectivity index (χ3n) is 5.82. The molecule has 26 heavy (non-hydrogen) atoms.